The van der Waals surface area contributed by atoms with Crippen LogP contribution in [0.2, 0.25) is 0 Å². The minimum Gasteiger partial charge on any atom is -0.396 e. The first-order valence-electron chi connectivity index (χ1n) is 4.04. The molecule has 0 heterocycles. The van der Waals surface area contributed by atoms with Gasteiger partial charge in [-0.1, -0.05) is 24.3 Å². The Kier molecular flexibility index (Phi) is 4.19. The van der Waals surface area contributed by atoms with Crippen molar-refractivity contribution in [1.82, 2.24) is 0 Å². The van der Waals surface area contributed by atoms with Crippen molar-refractivity contribution in [2.24, 2.45) is 0 Å². The fourth-order valence-corrected chi connectivity index (χ4v) is 1.68. The minimum atomic E-state index is 0.239. The lowest BCUT2D eigenvalue weighted by atomic mass is 10.1. The Balaban J connectivity index is 2.67. The number of aliphatic hydroxyl groups is 1. The third-order valence-corrected chi connectivity index (χ3v) is 2.32. The SMILES string of the molecule is CSCc1cccc(CCO)c1. The summed E-state index contributed by atoms with van der Waals surface area (Å²) in [6, 6.07) is 8.39. The monoisotopic (exact) mass is 182 g/mol. The first-order valence-corrected chi connectivity index (χ1v) is 5.44. The molecule has 12 heavy (non-hydrogen) atoms. The average Bonchev–Trinajstić information content (AvgIpc) is 2.06. The lowest BCUT2D eigenvalue weighted by molar-refractivity contribution is 0.299. The number of benzene rings is 1. The molecule has 0 radical (unpaired) electrons. The molecule has 0 spiro atoms. The van der Waals surface area contributed by atoms with Crippen molar-refractivity contribution >= 4 is 11.8 Å². The molecule has 0 aliphatic carbocycles. The van der Waals surface area contributed by atoms with Crippen LogP contribution in [0.4, 0.5) is 0 Å². The maximum atomic E-state index is 8.74. The van der Waals surface area contributed by atoms with Crippen LogP contribution in [0.5, 0.6) is 0 Å². The van der Waals surface area contributed by atoms with Crippen LogP contribution < -0.4 is 0 Å². The first-order chi connectivity index (χ1) is 5.86. The van der Waals surface area contributed by atoms with E-state index in [1.165, 1.54) is 11.1 Å². The standard InChI is InChI=1S/C10H14OS/c1-12-8-10-4-2-3-9(7-10)5-6-11/h2-4,7,11H,5-6,8H2,1H3. The highest BCUT2D eigenvalue weighted by molar-refractivity contribution is 7.97. The molecular formula is C10H14OS. The Bertz CT molecular complexity index is 214. The van der Waals surface area contributed by atoms with Crippen LogP contribution in [-0.2, 0) is 12.2 Å². The van der Waals surface area contributed by atoms with Gasteiger partial charge in [0.15, 0.2) is 0 Å². The highest BCUT2D eigenvalue weighted by atomic mass is 32.2. The largest absolute Gasteiger partial charge is 0.396 e. The molecule has 0 amide bonds. The zero-order valence-electron chi connectivity index (χ0n) is 7.29. The van der Waals surface area contributed by atoms with E-state index in [-0.39, 0.29) is 6.61 Å². The minimum absolute atomic E-state index is 0.239. The van der Waals surface area contributed by atoms with Gasteiger partial charge in [0.2, 0.25) is 0 Å². The topological polar surface area (TPSA) is 20.2 Å². The summed E-state index contributed by atoms with van der Waals surface area (Å²) in [5, 5.41) is 8.74. The summed E-state index contributed by atoms with van der Waals surface area (Å²) in [6.45, 7) is 0.239. The van der Waals surface area contributed by atoms with E-state index in [2.05, 4.69) is 30.5 Å². The maximum Gasteiger partial charge on any atom is 0.0471 e. The number of thioether (sulfide) groups is 1. The highest BCUT2D eigenvalue weighted by Crippen LogP contribution is 2.11. The van der Waals surface area contributed by atoms with Crippen molar-refractivity contribution < 1.29 is 5.11 Å². The Morgan fingerprint density at radius 1 is 1.33 bits per heavy atom. The molecule has 2 heteroatoms. The fourth-order valence-electron chi connectivity index (χ4n) is 1.17. The smallest absolute Gasteiger partial charge is 0.0471 e. The fraction of sp³-hybridized carbons (Fsp3) is 0.400. The molecule has 1 rings (SSSR count). The molecular weight excluding hydrogens is 168 g/mol. The van der Waals surface area contributed by atoms with Gasteiger partial charge in [-0.15, -0.1) is 0 Å². The second-order valence-corrected chi connectivity index (χ2v) is 3.59. The van der Waals surface area contributed by atoms with Crippen molar-refractivity contribution in [3.63, 3.8) is 0 Å². The number of hydrogen-bond acceptors (Lipinski definition) is 2. The number of hydrogen-bond donors (Lipinski definition) is 1. The molecule has 1 aromatic carbocycles. The van der Waals surface area contributed by atoms with E-state index < -0.39 is 0 Å². The van der Waals surface area contributed by atoms with Crippen molar-refractivity contribution in [2.75, 3.05) is 12.9 Å². The van der Waals surface area contributed by atoms with E-state index in [0.717, 1.165) is 12.2 Å². The summed E-state index contributed by atoms with van der Waals surface area (Å²) in [5.41, 5.74) is 2.57. The number of aliphatic hydroxyl groups excluding tert-OH is 1. The van der Waals surface area contributed by atoms with E-state index in [9.17, 15) is 0 Å². The second kappa shape index (κ2) is 5.22. The van der Waals surface area contributed by atoms with Gasteiger partial charge >= 0.3 is 0 Å². The van der Waals surface area contributed by atoms with Crippen LogP contribution >= 0.6 is 11.8 Å². The summed E-state index contributed by atoms with van der Waals surface area (Å²) in [6.07, 6.45) is 2.86. The van der Waals surface area contributed by atoms with E-state index >= 15 is 0 Å². The zero-order valence-corrected chi connectivity index (χ0v) is 8.10. The van der Waals surface area contributed by atoms with E-state index in [1.54, 1.807) is 0 Å². The lowest BCUT2D eigenvalue weighted by Gasteiger charge is -2.01. The van der Waals surface area contributed by atoms with Gasteiger partial charge in [0.25, 0.3) is 0 Å². The maximum absolute atomic E-state index is 8.74. The van der Waals surface area contributed by atoms with E-state index in [1.807, 2.05) is 11.8 Å². The van der Waals surface area contributed by atoms with Crippen molar-refractivity contribution in [1.29, 1.82) is 0 Å². The molecule has 1 N–H and O–H groups in total. The lowest BCUT2D eigenvalue weighted by Crippen LogP contribution is -1.91. The van der Waals surface area contributed by atoms with Crippen molar-refractivity contribution in [3.05, 3.63) is 35.4 Å². The molecule has 0 aliphatic heterocycles. The first kappa shape index (κ1) is 9.62. The Morgan fingerprint density at radius 3 is 2.75 bits per heavy atom. The summed E-state index contributed by atoms with van der Waals surface area (Å²) >= 11 is 1.82. The molecule has 0 saturated carbocycles. The molecule has 1 aromatic rings. The Hall–Kier alpha value is -0.470. The molecule has 0 bridgehead atoms. The Labute approximate surface area is 77.8 Å². The highest BCUT2D eigenvalue weighted by Gasteiger charge is 1.94. The summed E-state index contributed by atoms with van der Waals surface area (Å²) in [4.78, 5) is 0. The van der Waals surface area contributed by atoms with Crippen LogP contribution in [0, 0.1) is 0 Å². The molecule has 1 nitrogen and oxygen atoms in total. The van der Waals surface area contributed by atoms with E-state index in [4.69, 9.17) is 5.11 Å². The van der Waals surface area contributed by atoms with Gasteiger partial charge in [-0.3, -0.25) is 0 Å². The van der Waals surface area contributed by atoms with Crippen LogP contribution in [0.3, 0.4) is 0 Å². The van der Waals surface area contributed by atoms with Gasteiger partial charge < -0.3 is 5.11 Å². The van der Waals surface area contributed by atoms with Gasteiger partial charge in [0.05, 0.1) is 0 Å². The third-order valence-electron chi connectivity index (χ3n) is 1.70. The Morgan fingerprint density at radius 2 is 2.08 bits per heavy atom. The zero-order chi connectivity index (χ0) is 8.81. The summed E-state index contributed by atoms with van der Waals surface area (Å²) < 4.78 is 0. The predicted octanol–water partition coefficient (Wildman–Crippen LogP) is 2.08. The van der Waals surface area contributed by atoms with Crippen molar-refractivity contribution in [3.8, 4) is 0 Å². The molecule has 0 atom stereocenters. The molecule has 0 unspecified atom stereocenters. The predicted molar refractivity (Wildman–Crippen MR) is 54.5 cm³/mol. The second-order valence-electron chi connectivity index (χ2n) is 2.73. The quantitative estimate of drug-likeness (QED) is 0.769. The average molecular weight is 182 g/mol. The van der Waals surface area contributed by atoms with Gasteiger partial charge in [-0.05, 0) is 23.8 Å². The van der Waals surface area contributed by atoms with Gasteiger partial charge in [0, 0.05) is 12.4 Å². The molecule has 0 aromatic heterocycles. The molecule has 0 fully saturated rings. The normalized spacial score (nSPS) is 10.2. The third kappa shape index (κ3) is 2.88. The number of rotatable bonds is 4. The molecule has 66 valence electrons. The summed E-state index contributed by atoms with van der Waals surface area (Å²) in [5.74, 6) is 1.05. The van der Waals surface area contributed by atoms with Gasteiger partial charge in [0.1, 0.15) is 0 Å². The van der Waals surface area contributed by atoms with Crippen LogP contribution in [0.25, 0.3) is 0 Å². The van der Waals surface area contributed by atoms with Gasteiger partial charge in [-0.25, -0.2) is 0 Å². The van der Waals surface area contributed by atoms with Crippen LogP contribution in [0.15, 0.2) is 24.3 Å². The van der Waals surface area contributed by atoms with Crippen molar-refractivity contribution in [2.45, 2.75) is 12.2 Å². The van der Waals surface area contributed by atoms with E-state index in [0.29, 0.717) is 0 Å². The molecule has 0 saturated heterocycles. The van der Waals surface area contributed by atoms with Gasteiger partial charge in [-0.2, -0.15) is 11.8 Å². The van der Waals surface area contributed by atoms with Crippen LogP contribution in [-0.4, -0.2) is 18.0 Å². The molecule has 0 aliphatic rings. The summed E-state index contributed by atoms with van der Waals surface area (Å²) in [7, 11) is 0. The van der Waals surface area contributed by atoms with Crippen LogP contribution in [0.1, 0.15) is 11.1 Å².